The van der Waals surface area contributed by atoms with E-state index in [1.54, 1.807) is 12.1 Å². The van der Waals surface area contributed by atoms with Crippen molar-refractivity contribution in [3.05, 3.63) is 24.0 Å². The van der Waals surface area contributed by atoms with Gasteiger partial charge in [0.2, 0.25) is 0 Å². The van der Waals surface area contributed by atoms with Crippen LogP contribution in [0.1, 0.15) is 34.1 Å². The van der Waals surface area contributed by atoms with Gasteiger partial charge in [-0.15, -0.1) is 0 Å². The Kier molecular flexibility index (Phi) is 7.30. The Morgan fingerprint density at radius 2 is 1.82 bits per heavy atom. The maximum Gasteiger partial charge on any atom is 0.497 e. The van der Waals surface area contributed by atoms with Crippen LogP contribution in [-0.4, -0.2) is 67.8 Å². The Morgan fingerprint density at radius 1 is 1.18 bits per heavy atom. The van der Waals surface area contributed by atoms with Gasteiger partial charge in [-0.25, -0.2) is 9.18 Å². The summed E-state index contributed by atoms with van der Waals surface area (Å²) in [5.41, 5.74) is -0.726. The first-order chi connectivity index (χ1) is 13.0. The van der Waals surface area contributed by atoms with E-state index in [2.05, 4.69) is 0 Å². The molecule has 1 heterocycles. The van der Waals surface area contributed by atoms with E-state index in [0.29, 0.717) is 37.4 Å². The largest absolute Gasteiger partial charge is 0.497 e. The van der Waals surface area contributed by atoms with Crippen molar-refractivity contribution < 1.29 is 33.1 Å². The van der Waals surface area contributed by atoms with Gasteiger partial charge >= 0.3 is 13.2 Å². The molecule has 156 valence electrons. The number of hydrogen-bond acceptors (Lipinski definition) is 5. The Morgan fingerprint density at radius 3 is 2.39 bits per heavy atom. The summed E-state index contributed by atoms with van der Waals surface area (Å²) in [6.45, 7) is 9.10. The van der Waals surface area contributed by atoms with Crippen molar-refractivity contribution in [2.75, 3.05) is 33.4 Å². The molecule has 0 unspecified atom stereocenters. The number of nitrogens with zero attached hydrogens (tertiary/aromatic N) is 1. The fourth-order valence-electron chi connectivity index (χ4n) is 2.58. The lowest BCUT2D eigenvalue weighted by Crippen LogP contribution is -2.41. The number of carboxylic acid groups (broad SMARTS) is 1. The molecule has 28 heavy (non-hydrogen) atoms. The van der Waals surface area contributed by atoms with Crippen molar-refractivity contribution in [2.45, 2.75) is 45.3 Å². The van der Waals surface area contributed by atoms with Gasteiger partial charge < -0.3 is 28.8 Å². The average molecular weight is 397 g/mol. The molecule has 1 aromatic rings. The third-order valence-electron chi connectivity index (χ3n) is 5.08. The topological polar surface area (TPSA) is 77.5 Å². The number of amides is 1. The first-order valence-electron chi connectivity index (χ1n) is 9.33. The molecule has 7 nitrogen and oxygen atoms in total. The molecule has 0 aromatic heterocycles. The normalized spacial score (nSPS) is 17.6. The molecule has 0 aliphatic carbocycles. The first-order valence-corrected chi connectivity index (χ1v) is 9.33. The molecule has 1 aliphatic rings. The fourth-order valence-corrected chi connectivity index (χ4v) is 2.58. The van der Waals surface area contributed by atoms with E-state index in [4.69, 9.17) is 23.9 Å². The quantitative estimate of drug-likeness (QED) is 0.510. The maximum atomic E-state index is 14.5. The van der Waals surface area contributed by atoms with Crippen molar-refractivity contribution in [3.63, 3.8) is 0 Å². The smallest absolute Gasteiger partial charge is 0.491 e. The molecule has 0 radical (unpaired) electrons. The number of benzene rings is 1. The number of hydrogen-bond donors (Lipinski definition) is 1. The Hall–Kier alpha value is -1.84. The summed E-state index contributed by atoms with van der Waals surface area (Å²) in [7, 11) is 0.749. The predicted octanol–water partition coefficient (Wildman–Crippen LogP) is 2.52. The van der Waals surface area contributed by atoms with E-state index < -0.39 is 30.2 Å². The van der Waals surface area contributed by atoms with Crippen LogP contribution in [0, 0.1) is 5.82 Å². The van der Waals surface area contributed by atoms with Crippen LogP contribution in [0.2, 0.25) is 0 Å². The molecule has 2 rings (SSSR count). The zero-order valence-corrected chi connectivity index (χ0v) is 17.2. The number of halogens is 1. The van der Waals surface area contributed by atoms with Crippen LogP contribution in [0.3, 0.4) is 0 Å². The summed E-state index contributed by atoms with van der Waals surface area (Å²) < 4.78 is 37.1. The molecule has 1 aliphatic heterocycles. The second-order valence-corrected chi connectivity index (χ2v) is 7.79. The lowest BCUT2D eigenvalue weighted by atomic mass is 9.78. The van der Waals surface area contributed by atoms with E-state index in [0.717, 1.165) is 0 Å². The Bertz CT molecular complexity index is 668. The molecule has 1 N–H and O–H groups in total. The van der Waals surface area contributed by atoms with E-state index in [9.17, 15) is 9.18 Å². The minimum absolute atomic E-state index is 0.268. The van der Waals surface area contributed by atoms with Crippen LogP contribution in [-0.2, 0) is 14.0 Å². The van der Waals surface area contributed by atoms with Gasteiger partial charge in [-0.05, 0) is 40.2 Å². The van der Waals surface area contributed by atoms with E-state index in [-0.39, 0.29) is 6.61 Å². The summed E-state index contributed by atoms with van der Waals surface area (Å²) in [4.78, 5) is 11.8. The van der Waals surface area contributed by atoms with Gasteiger partial charge in [0.05, 0.1) is 17.8 Å². The van der Waals surface area contributed by atoms with Gasteiger partial charge in [0.25, 0.3) is 0 Å². The molecular weight excluding hydrogens is 368 g/mol. The third kappa shape index (κ3) is 5.59. The summed E-state index contributed by atoms with van der Waals surface area (Å²) in [5.74, 6) is -0.0550. The van der Waals surface area contributed by atoms with Gasteiger partial charge in [-0.3, -0.25) is 0 Å². The van der Waals surface area contributed by atoms with Crippen LogP contribution < -0.4 is 10.2 Å². The molecule has 1 amide bonds. The molecule has 0 atom stereocenters. The highest BCUT2D eigenvalue weighted by Crippen LogP contribution is 2.36. The monoisotopic (exact) mass is 397 g/mol. The van der Waals surface area contributed by atoms with Gasteiger partial charge in [-0.2, -0.15) is 0 Å². The summed E-state index contributed by atoms with van der Waals surface area (Å²) in [6.07, 6.45) is -0.366. The van der Waals surface area contributed by atoms with Crippen LogP contribution >= 0.6 is 0 Å². The molecule has 0 spiro atoms. The van der Waals surface area contributed by atoms with Crippen molar-refractivity contribution in [2.24, 2.45) is 0 Å². The molecule has 1 saturated heterocycles. The van der Waals surface area contributed by atoms with Crippen LogP contribution in [0.4, 0.5) is 9.18 Å². The van der Waals surface area contributed by atoms with Crippen LogP contribution in [0.25, 0.3) is 0 Å². The van der Waals surface area contributed by atoms with E-state index in [1.807, 2.05) is 27.7 Å². The second-order valence-electron chi connectivity index (χ2n) is 7.79. The highest BCUT2D eigenvalue weighted by molar-refractivity contribution is 6.62. The molecule has 0 saturated carbocycles. The third-order valence-corrected chi connectivity index (χ3v) is 5.08. The van der Waals surface area contributed by atoms with E-state index in [1.165, 1.54) is 18.0 Å². The molecule has 1 fully saturated rings. The zero-order chi connectivity index (χ0) is 20.9. The number of carbonyl (C=O) groups is 1. The second kappa shape index (κ2) is 9.11. The predicted molar refractivity (Wildman–Crippen MR) is 104 cm³/mol. The summed E-state index contributed by atoms with van der Waals surface area (Å²) in [5, 5.41) is 8.73. The van der Waals surface area contributed by atoms with Crippen molar-refractivity contribution in [3.8, 4) is 5.75 Å². The first kappa shape index (κ1) is 22.5. The number of ether oxygens (including phenoxy) is 2. The lowest BCUT2D eigenvalue weighted by Gasteiger charge is -2.32. The summed E-state index contributed by atoms with van der Waals surface area (Å²) >= 11 is 0. The zero-order valence-electron chi connectivity index (χ0n) is 17.2. The fraction of sp³-hybridized carbons (Fsp3) is 0.632. The minimum atomic E-state index is -0.964. The molecular formula is C19H29BFNO6. The number of rotatable bonds is 9. The van der Waals surface area contributed by atoms with Gasteiger partial charge in [0.1, 0.15) is 18.2 Å². The van der Waals surface area contributed by atoms with Crippen LogP contribution in [0.15, 0.2) is 18.2 Å². The van der Waals surface area contributed by atoms with Crippen LogP contribution in [0.5, 0.6) is 5.75 Å². The minimum Gasteiger partial charge on any atom is -0.491 e. The highest BCUT2D eigenvalue weighted by atomic mass is 19.1. The van der Waals surface area contributed by atoms with Crippen molar-refractivity contribution in [1.82, 2.24) is 4.90 Å². The SMILES string of the molecule is CN(CCCOCCOc1ccc(B2OC(C)(C)C(C)(C)O2)c(F)c1)C(=O)O. The molecule has 9 heteroatoms. The average Bonchev–Trinajstić information content (AvgIpc) is 2.81. The van der Waals surface area contributed by atoms with Gasteiger partial charge in [-0.1, -0.05) is 6.07 Å². The maximum absolute atomic E-state index is 14.5. The Labute approximate surface area is 165 Å². The Balaban J connectivity index is 1.75. The van der Waals surface area contributed by atoms with E-state index >= 15 is 0 Å². The van der Waals surface area contributed by atoms with Gasteiger partial charge in [0.15, 0.2) is 0 Å². The highest BCUT2D eigenvalue weighted by Gasteiger charge is 2.52. The summed E-state index contributed by atoms with van der Waals surface area (Å²) in [6, 6.07) is 4.59. The van der Waals surface area contributed by atoms with Gasteiger partial charge in [0, 0.05) is 31.7 Å². The van der Waals surface area contributed by atoms with Crippen molar-refractivity contribution in [1.29, 1.82) is 0 Å². The molecule has 0 bridgehead atoms. The lowest BCUT2D eigenvalue weighted by molar-refractivity contribution is 0.00578. The molecule has 1 aromatic carbocycles. The standard InChI is InChI=1S/C19H29BFNO6/c1-18(2)19(3,4)28-20(27-18)15-8-7-14(13-16(15)21)26-12-11-25-10-6-9-22(5)17(23)24/h7-8,13H,6,9-12H2,1-5H3,(H,23,24). The van der Waals surface area contributed by atoms with Crippen molar-refractivity contribution >= 4 is 18.7 Å².